The Morgan fingerprint density at radius 2 is 2.00 bits per heavy atom. The molecule has 1 aliphatic heterocycles. The summed E-state index contributed by atoms with van der Waals surface area (Å²) in [4.78, 5) is 6.19. The van der Waals surface area contributed by atoms with Gasteiger partial charge in [0.25, 0.3) is 0 Å². The van der Waals surface area contributed by atoms with Crippen molar-refractivity contribution in [3.05, 3.63) is 34.7 Å². The van der Waals surface area contributed by atoms with Gasteiger partial charge in [0.05, 0.1) is 10.7 Å². The van der Waals surface area contributed by atoms with Crippen LogP contribution in [0.25, 0.3) is 11.3 Å². The predicted molar refractivity (Wildman–Crippen MR) is 91.4 cm³/mol. The average Bonchev–Trinajstić information content (AvgIpc) is 2.97. The minimum atomic E-state index is 0.578. The second kappa shape index (κ2) is 7.43. The molecular formula is C17H21NOS2. The van der Waals surface area contributed by atoms with Crippen LogP contribution in [-0.4, -0.2) is 24.5 Å². The number of thiazole rings is 1. The summed E-state index contributed by atoms with van der Waals surface area (Å²) in [5.74, 6) is 0.578. The van der Waals surface area contributed by atoms with E-state index < -0.39 is 0 Å². The van der Waals surface area contributed by atoms with Crippen molar-refractivity contribution in [2.45, 2.75) is 36.5 Å². The molecule has 21 heavy (non-hydrogen) atoms. The van der Waals surface area contributed by atoms with Crippen LogP contribution >= 0.6 is 23.1 Å². The number of aromatic nitrogens is 1. The predicted octanol–water partition coefficient (Wildman–Crippen LogP) is 5.21. The second-order valence-electron chi connectivity index (χ2n) is 5.39. The van der Waals surface area contributed by atoms with Gasteiger partial charge >= 0.3 is 0 Å². The molecule has 0 aliphatic carbocycles. The average molecular weight is 319 g/mol. The van der Waals surface area contributed by atoms with Crippen molar-refractivity contribution in [1.82, 2.24) is 4.98 Å². The Hall–Kier alpha value is -0.840. The van der Waals surface area contributed by atoms with Gasteiger partial charge in [0.1, 0.15) is 0 Å². The Morgan fingerprint density at radius 1 is 1.14 bits per heavy atom. The normalized spacial score (nSPS) is 20.0. The van der Waals surface area contributed by atoms with Gasteiger partial charge in [0.15, 0.2) is 0 Å². The Labute approximate surface area is 134 Å². The first kappa shape index (κ1) is 15.1. The quantitative estimate of drug-likeness (QED) is 0.725. The molecule has 0 spiro atoms. The highest BCUT2D eigenvalue weighted by molar-refractivity contribution is 7.98. The van der Waals surface area contributed by atoms with E-state index in [2.05, 4.69) is 35.9 Å². The van der Waals surface area contributed by atoms with Crippen molar-refractivity contribution in [2.75, 3.05) is 19.5 Å². The Morgan fingerprint density at radius 3 is 2.81 bits per heavy atom. The molecular weight excluding hydrogens is 298 g/mol. The summed E-state index contributed by atoms with van der Waals surface area (Å²) in [6.07, 6.45) is 6.90. The fourth-order valence-electron chi connectivity index (χ4n) is 2.68. The third kappa shape index (κ3) is 3.87. The molecule has 1 aromatic carbocycles. The number of hydrogen-bond donors (Lipinski definition) is 0. The van der Waals surface area contributed by atoms with Crippen molar-refractivity contribution >= 4 is 23.1 Å². The van der Waals surface area contributed by atoms with E-state index in [1.165, 1.54) is 34.7 Å². The first-order valence-corrected chi connectivity index (χ1v) is 9.65. The van der Waals surface area contributed by atoms with Crippen molar-refractivity contribution in [1.29, 1.82) is 0 Å². The summed E-state index contributed by atoms with van der Waals surface area (Å²) in [6.45, 7) is 1.81. The SMILES string of the molecule is CSc1ccc(-c2csc(C3CCCCOCC3)n2)cc1. The van der Waals surface area contributed by atoms with Gasteiger partial charge in [0, 0.05) is 35.0 Å². The Balaban J connectivity index is 1.74. The molecule has 2 heterocycles. The maximum Gasteiger partial charge on any atom is 0.0964 e. The lowest BCUT2D eigenvalue weighted by atomic mass is 9.98. The zero-order valence-electron chi connectivity index (χ0n) is 12.4. The molecule has 1 saturated heterocycles. The van der Waals surface area contributed by atoms with E-state index in [0.29, 0.717) is 5.92 Å². The highest BCUT2D eigenvalue weighted by atomic mass is 32.2. The summed E-state index contributed by atoms with van der Waals surface area (Å²) in [7, 11) is 0. The minimum absolute atomic E-state index is 0.578. The van der Waals surface area contributed by atoms with Gasteiger partial charge in [-0.15, -0.1) is 23.1 Å². The molecule has 1 atom stereocenters. The number of thioether (sulfide) groups is 1. The molecule has 1 aliphatic rings. The molecule has 3 rings (SSSR count). The van der Waals surface area contributed by atoms with E-state index in [1.807, 2.05) is 0 Å². The lowest BCUT2D eigenvalue weighted by molar-refractivity contribution is 0.111. The zero-order chi connectivity index (χ0) is 14.5. The first-order chi connectivity index (χ1) is 10.4. The maximum atomic E-state index is 5.62. The third-order valence-electron chi connectivity index (χ3n) is 3.96. The molecule has 112 valence electrons. The number of ether oxygens (including phenoxy) is 1. The van der Waals surface area contributed by atoms with Crippen LogP contribution in [0.3, 0.4) is 0 Å². The van der Waals surface area contributed by atoms with Crippen molar-refractivity contribution < 1.29 is 4.74 Å². The van der Waals surface area contributed by atoms with Gasteiger partial charge in [-0.3, -0.25) is 0 Å². The van der Waals surface area contributed by atoms with Gasteiger partial charge in [-0.1, -0.05) is 18.6 Å². The van der Waals surface area contributed by atoms with Crippen molar-refractivity contribution in [3.63, 3.8) is 0 Å². The second-order valence-corrected chi connectivity index (χ2v) is 7.16. The van der Waals surface area contributed by atoms with Gasteiger partial charge in [-0.25, -0.2) is 4.98 Å². The van der Waals surface area contributed by atoms with Crippen LogP contribution in [-0.2, 0) is 4.74 Å². The molecule has 2 nitrogen and oxygen atoms in total. The first-order valence-electron chi connectivity index (χ1n) is 7.54. The maximum absolute atomic E-state index is 5.62. The Bertz CT molecular complexity index is 556. The van der Waals surface area contributed by atoms with Crippen LogP contribution in [0.5, 0.6) is 0 Å². The highest BCUT2D eigenvalue weighted by Crippen LogP contribution is 2.32. The minimum Gasteiger partial charge on any atom is -0.381 e. The van der Waals surface area contributed by atoms with E-state index in [-0.39, 0.29) is 0 Å². The standard InChI is InChI=1S/C17H21NOS2/c1-20-15-7-5-13(6-8-15)16-12-21-17(18-16)14-4-2-3-10-19-11-9-14/h5-8,12,14H,2-4,9-11H2,1H3. The van der Waals surface area contributed by atoms with Crippen LogP contribution in [0, 0.1) is 0 Å². The number of nitrogens with zero attached hydrogens (tertiary/aromatic N) is 1. The van der Waals surface area contributed by atoms with Gasteiger partial charge in [-0.05, 0) is 37.7 Å². The summed E-state index contributed by atoms with van der Waals surface area (Å²) >= 11 is 3.58. The summed E-state index contributed by atoms with van der Waals surface area (Å²) in [5, 5.41) is 3.48. The number of rotatable bonds is 3. The molecule has 0 saturated carbocycles. The lowest BCUT2D eigenvalue weighted by Crippen LogP contribution is -2.09. The third-order valence-corrected chi connectivity index (χ3v) is 5.71. The molecule has 0 N–H and O–H groups in total. The van der Waals surface area contributed by atoms with Gasteiger partial charge < -0.3 is 4.74 Å². The van der Waals surface area contributed by atoms with Crippen LogP contribution in [0.1, 0.15) is 36.6 Å². The van der Waals surface area contributed by atoms with E-state index >= 15 is 0 Å². The molecule has 4 heteroatoms. The topological polar surface area (TPSA) is 22.1 Å². The van der Waals surface area contributed by atoms with Crippen LogP contribution in [0.15, 0.2) is 34.5 Å². The molecule has 0 bridgehead atoms. The fourth-order valence-corrected chi connectivity index (χ4v) is 4.09. The highest BCUT2D eigenvalue weighted by Gasteiger charge is 2.17. The molecule has 1 unspecified atom stereocenters. The monoisotopic (exact) mass is 319 g/mol. The Kier molecular flexibility index (Phi) is 5.33. The van der Waals surface area contributed by atoms with Crippen LogP contribution < -0.4 is 0 Å². The van der Waals surface area contributed by atoms with Gasteiger partial charge in [0.2, 0.25) is 0 Å². The lowest BCUT2D eigenvalue weighted by Gasteiger charge is -2.17. The van der Waals surface area contributed by atoms with E-state index in [9.17, 15) is 0 Å². The summed E-state index contributed by atoms with van der Waals surface area (Å²) in [6, 6.07) is 8.68. The smallest absolute Gasteiger partial charge is 0.0964 e. The molecule has 0 radical (unpaired) electrons. The molecule has 1 aromatic heterocycles. The van der Waals surface area contributed by atoms with Gasteiger partial charge in [-0.2, -0.15) is 0 Å². The summed E-state index contributed by atoms with van der Waals surface area (Å²) < 4.78 is 5.62. The molecule has 2 aromatic rings. The van der Waals surface area contributed by atoms with Crippen LogP contribution in [0.2, 0.25) is 0 Å². The fraction of sp³-hybridized carbons (Fsp3) is 0.471. The van der Waals surface area contributed by atoms with E-state index in [4.69, 9.17) is 9.72 Å². The van der Waals surface area contributed by atoms with Crippen molar-refractivity contribution in [3.8, 4) is 11.3 Å². The number of hydrogen-bond acceptors (Lipinski definition) is 4. The zero-order valence-corrected chi connectivity index (χ0v) is 14.0. The largest absolute Gasteiger partial charge is 0.381 e. The van der Waals surface area contributed by atoms with E-state index in [0.717, 1.165) is 25.3 Å². The molecule has 1 fully saturated rings. The summed E-state index contributed by atoms with van der Waals surface area (Å²) in [5.41, 5.74) is 2.34. The number of benzene rings is 1. The molecule has 0 amide bonds. The van der Waals surface area contributed by atoms with Crippen molar-refractivity contribution in [2.24, 2.45) is 0 Å². The van der Waals surface area contributed by atoms with E-state index in [1.54, 1.807) is 23.1 Å². The van der Waals surface area contributed by atoms with Crippen LogP contribution in [0.4, 0.5) is 0 Å².